The van der Waals surface area contributed by atoms with E-state index in [-0.39, 0.29) is 0 Å². The van der Waals surface area contributed by atoms with Crippen LogP contribution >= 0.6 is 11.6 Å². The number of fused-ring (bicyclic) bond motifs is 1. The van der Waals surface area contributed by atoms with Crippen LogP contribution in [0.4, 0.5) is 0 Å². The number of nitrogens with zero attached hydrogens (tertiary/aromatic N) is 3. The van der Waals surface area contributed by atoms with Gasteiger partial charge in [-0.1, -0.05) is 58.8 Å². The minimum absolute atomic E-state index is 0.606. The van der Waals surface area contributed by atoms with Gasteiger partial charge in [-0.3, -0.25) is 0 Å². The Morgan fingerprint density at radius 1 is 1.12 bits per heavy atom. The van der Waals surface area contributed by atoms with Gasteiger partial charge in [-0.05, 0) is 31.1 Å². The van der Waals surface area contributed by atoms with Crippen LogP contribution in [0.25, 0.3) is 16.3 Å². The van der Waals surface area contributed by atoms with Crippen molar-refractivity contribution >= 4 is 16.6 Å². The Morgan fingerprint density at radius 2 is 1.92 bits per heavy atom. The number of aromatic nitrogens is 3. The third-order valence-corrected chi connectivity index (χ3v) is 5.12. The van der Waals surface area contributed by atoms with Crippen LogP contribution in [0.2, 0.25) is 0 Å². The van der Waals surface area contributed by atoms with Crippen LogP contribution in [0.15, 0.2) is 54.2 Å². The predicted octanol–water partition coefficient (Wildman–Crippen LogP) is 4.99. The molecular weight excluding hydrogens is 346 g/mol. The lowest BCUT2D eigenvalue weighted by Crippen LogP contribution is -2.05. The highest BCUT2D eigenvalue weighted by Gasteiger charge is 2.19. The standard InChI is InChI=1S/C21H20ClN3O/c1-14-6-8-16(9-7-14)19-13-25(24-23-19)12-17-10-11-26-21-15(2)4-3-5-18(21)20(17)22/h3-9,13H,10-12H2,1-2H3. The lowest BCUT2D eigenvalue weighted by Gasteiger charge is -2.10. The van der Waals surface area contributed by atoms with E-state index in [1.165, 1.54) is 5.56 Å². The number of benzene rings is 2. The molecule has 0 N–H and O–H groups in total. The normalized spacial score (nSPS) is 14.0. The highest BCUT2D eigenvalue weighted by molar-refractivity contribution is 6.49. The van der Waals surface area contributed by atoms with Crippen LogP contribution in [-0.4, -0.2) is 21.6 Å². The van der Waals surface area contributed by atoms with Crippen molar-refractivity contribution in [2.75, 3.05) is 6.61 Å². The number of hydrogen-bond acceptors (Lipinski definition) is 3. The van der Waals surface area contributed by atoms with E-state index in [1.54, 1.807) is 0 Å². The van der Waals surface area contributed by atoms with Gasteiger partial charge in [-0.25, -0.2) is 4.68 Å². The summed E-state index contributed by atoms with van der Waals surface area (Å²) in [6.45, 7) is 5.33. The molecule has 0 radical (unpaired) electrons. The molecule has 0 saturated carbocycles. The molecule has 0 unspecified atom stereocenters. The average molecular weight is 366 g/mol. The number of hydrogen-bond donors (Lipinski definition) is 0. The molecule has 3 aromatic rings. The Morgan fingerprint density at radius 3 is 2.73 bits per heavy atom. The molecule has 4 rings (SSSR count). The van der Waals surface area contributed by atoms with E-state index in [0.717, 1.165) is 45.2 Å². The Bertz CT molecular complexity index is 973. The first-order valence-electron chi connectivity index (χ1n) is 8.69. The van der Waals surface area contributed by atoms with Gasteiger partial charge in [0.1, 0.15) is 11.4 Å². The van der Waals surface area contributed by atoms with E-state index >= 15 is 0 Å². The molecule has 4 nitrogen and oxygen atoms in total. The average Bonchev–Trinajstić information content (AvgIpc) is 3.04. The molecule has 0 atom stereocenters. The highest BCUT2D eigenvalue weighted by atomic mass is 35.5. The molecule has 26 heavy (non-hydrogen) atoms. The molecule has 0 fully saturated rings. The molecular formula is C21H20ClN3O. The second-order valence-corrected chi connectivity index (χ2v) is 7.01. The van der Waals surface area contributed by atoms with Crippen LogP contribution in [0.3, 0.4) is 0 Å². The fourth-order valence-corrected chi connectivity index (χ4v) is 3.47. The maximum Gasteiger partial charge on any atom is 0.130 e. The monoisotopic (exact) mass is 365 g/mol. The minimum atomic E-state index is 0.606. The fraction of sp³-hybridized carbons (Fsp3) is 0.238. The van der Waals surface area contributed by atoms with E-state index in [1.807, 2.05) is 36.0 Å². The van der Waals surface area contributed by atoms with Crippen molar-refractivity contribution in [1.29, 1.82) is 0 Å². The molecule has 5 heteroatoms. The Hall–Kier alpha value is -2.59. The van der Waals surface area contributed by atoms with Gasteiger partial charge in [0.05, 0.1) is 24.4 Å². The molecule has 1 aliphatic rings. The lowest BCUT2D eigenvalue weighted by molar-refractivity contribution is 0.319. The summed E-state index contributed by atoms with van der Waals surface area (Å²) >= 11 is 6.72. The van der Waals surface area contributed by atoms with Crippen molar-refractivity contribution in [2.45, 2.75) is 26.8 Å². The van der Waals surface area contributed by atoms with Crippen molar-refractivity contribution < 1.29 is 4.74 Å². The first-order chi connectivity index (χ1) is 12.6. The van der Waals surface area contributed by atoms with Crippen molar-refractivity contribution in [3.8, 4) is 17.0 Å². The first kappa shape index (κ1) is 16.9. The first-order valence-corrected chi connectivity index (χ1v) is 9.07. The molecule has 1 aliphatic heterocycles. The topological polar surface area (TPSA) is 39.9 Å². The van der Waals surface area contributed by atoms with Gasteiger partial charge in [0.25, 0.3) is 0 Å². The van der Waals surface area contributed by atoms with Crippen molar-refractivity contribution in [1.82, 2.24) is 15.0 Å². The zero-order valence-electron chi connectivity index (χ0n) is 14.9. The summed E-state index contributed by atoms with van der Waals surface area (Å²) in [6, 6.07) is 14.3. The summed E-state index contributed by atoms with van der Waals surface area (Å²) in [5.41, 5.74) is 6.32. The van der Waals surface area contributed by atoms with Crippen molar-refractivity contribution in [3.63, 3.8) is 0 Å². The smallest absolute Gasteiger partial charge is 0.130 e. The molecule has 0 spiro atoms. The Labute approximate surface area is 158 Å². The summed E-state index contributed by atoms with van der Waals surface area (Å²) in [5.74, 6) is 0.881. The fourth-order valence-electron chi connectivity index (χ4n) is 3.17. The zero-order valence-corrected chi connectivity index (χ0v) is 15.6. The lowest BCUT2D eigenvalue weighted by atomic mass is 10.1. The van der Waals surface area contributed by atoms with Gasteiger partial charge in [0.15, 0.2) is 0 Å². The number of halogens is 1. The summed E-state index contributed by atoms with van der Waals surface area (Å²) < 4.78 is 7.77. The van der Waals surface area contributed by atoms with Gasteiger partial charge >= 0.3 is 0 Å². The molecule has 2 heterocycles. The van der Waals surface area contributed by atoms with Crippen molar-refractivity contribution in [3.05, 3.63) is 70.9 Å². The second kappa shape index (κ2) is 6.96. The van der Waals surface area contributed by atoms with Crippen LogP contribution in [0.5, 0.6) is 5.75 Å². The molecule has 0 aliphatic carbocycles. The maximum atomic E-state index is 6.72. The number of para-hydroxylation sites is 1. The van der Waals surface area contributed by atoms with E-state index in [2.05, 4.69) is 41.5 Å². The van der Waals surface area contributed by atoms with Gasteiger partial charge < -0.3 is 4.74 Å². The number of rotatable bonds is 3. The molecule has 0 saturated heterocycles. The van der Waals surface area contributed by atoms with Crippen LogP contribution in [0, 0.1) is 13.8 Å². The van der Waals surface area contributed by atoms with Crippen LogP contribution < -0.4 is 4.74 Å². The molecule has 0 amide bonds. The molecule has 132 valence electrons. The van der Waals surface area contributed by atoms with E-state index in [0.29, 0.717) is 13.2 Å². The van der Waals surface area contributed by atoms with Gasteiger partial charge in [-0.15, -0.1) is 5.10 Å². The minimum Gasteiger partial charge on any atom is -0.492 e. The van der Waals surface area contributed by atoms with Crippen molar-refractivity contribution in [2.24, 2.45) is 0 Å². The number of aryl methyl sites for hydroxylation is 2. The predicted molar refractivity (Wildman–Crippen MR) is 104 cm³/mol. The van der Waals surface area contributed by atoms with E-state index < -0.39 is 0 Å². The SMILES string of the molecule is Cc1ccc(-c2cn(CC3=C(Cl)c4cccc(C)c4OCC3)nn2)cc1. The Balaban J connectivity index is 1.63. The molecule has 1 aromatic heterocycles. The second-order valence-electron chi connectivity index (χ2n) is 6.63. The summed E-state index contributed by atoms with van der Waals surface area (Å²) in [5, 5.41) is 9.34. The zero-order chi connectivity index (χ0) is 18.1. The Kier molecular flexibility index (Phi) is 4.51. The third kappa shape index (κ3) is 3.25. The van der Waals surface area contributed by atoms with Gasteiger partial charge in [0.2, 0.25) is 0 Å². The largest absolute Gasteiger partial charge is 0.492 e. The summed E-state index contributed by atoms with van der Waals surface area (Å²) in [7, 11) is 0. The van der Waals surface area contributed by atoms with Gasteiger partial charge in [0, 0.05) is 17.5 Å². The van der Waals surface area contributed by atoms with E-state index in [9.17, 15) is 0 Å². The van der Waals surface area contributed by atoms with Crippen LogP contribution in [-0.2, 0) is 6.54 Å². The summed E-state index contributed by atoms with van der Waals surface area (Å²) in [6.07, 6.45) is 2.73. The maximum absolute atomic E-state index is 6.72. The molecule has 2 aromatic carbocycles. The highest BCUT2D eigenvalue weighted by Crippen LogP contribution is 2.37. The van der Waals surface area contributed by atoms with E-state index in [4.69, 9.17) is 16.3 Å². The summed E-state index contributed by atoms with van der Waals surface area (Å²) in [4.78, 5) is 0. The third-order valence-electron chi connectivity index (χ3n) is 4.65. The quantitative estimate of drug-likeness (QED) is 0.656. The van der Waals surface area contributed by atoms with Gasteiger partial charge in [-0.2, -0.15) is 0 Å². The number of ether oxygens (including phenoxy) is 1. The van der Waals surface area contributed by atoms with Crippen LogP contribution in [0.1, 0.15) is 23.1 Å². The molecule has 0 bridgehead atoms.